The lowest BCUT2D eigenvalue weighted by molar-refractivity contribution is 0.124. The third-order valence-corrected chi connectivity index (χ3v) is 3.78. The average Bonchev–Trinajstić information content (AvgIpc) is 2.27. The van der Waals surface area contributed by atoms with E-state index in [1.165, 1.54) is 5.56 Å². The average molecular weight is 265 g/mol. The number of aryl methyl sites for hydroxylation is 2. The summed E-state index contributed by atoms with van der Waals surface area (Å²) in [5.74, 6) is 0.535. The van der Waals surface area contributed by atoms with Gasteiger partial charge in [0, 0.05) is 6.04 Å². The molecule has 0 aromatic heterocycles. The molecular formula is C16H27NO2. The van der Waals surface area contributed by atoms with Gasteiger partial charge in [0.15, 0.2) is 0 Å². The second kappa shape index (κ2) is 6.92. The fourth-order valence-corrected chi connectivity index (χ4v) is 2.91. The van der Waals surface area contributed by atoms with Crippen LogP contribution in [0, 0.1) is 13.8 Å². The minimum absolute atomic E-state index is 0.148. The molecule has 0 aliphatic heterocycles. The van der Waals surface area contributed by atoms with Gasteiger partial charge in [-0.15, -0.1) is 0 Å². The molecule has 4 N–H and O–H groups in total. The van der Waals surface area contributed by atoms with Crippen molar-refractivity contribution in [3.8, 4) is 5.75 Å². The summed E-state index contributed by atoms with van der Waals surface area (Å²) < 4.78 is 0. The molecule has 0 aliphatic carbocycles. The first-order valence-corrected chi connectivity index (χ1v) is 7.10. The van der Waals surface area contributed by atoms with Crippen molar-refractivity contribution in [3.63, 3.8) is 0 Å². The van der Waals surface area contributed by atoms with Crippen molar-refractivity contribution in [1.82, 2.24) is 0 Å². The van der Waals surface area contributed by atoms with Gasteiger partial charge in [0.25, 0.3) is 0 Å². The molecule has 0 saturated heterocycles. The van der Waals surface area contributed by atoms with Crippen LogP contribution in [0.5, 0.6) is 5.75 Å². The second-order valence-electron chi connectivity index (χ2n) is 5.65. The molecule has 108 valence electrons. The highest BCUT2D eigenvalue weighted by atomic mass is 16.3. The second-order valence-corrected chi connectivity index (χ2v) is 5.65. The maximum atomic E-state index is 10.1. The van der Waals surface area contributed by atoms with E-state index in [0.717, 1.165) is 24.0 Å². The topological polar surface area (TPSA) is 66.5 Å². The molecule has 0 fully saturated rings. The monoisotopic (exact) mass is 265 g/mol. The Morgan fingerprint density at radius 2 is 1.74 bits per heavy atom. The highest BCUT2D eigenvalue weighted by Crippen LogP contribution is 2.30. The maximum Gasteiger partial charge on any atom is 0.116 e. The number of aliphatic hydroxyl groups is 1. The van der Waals surface area contributed by atoms with Crippen LogP contribution >= 0.6 is 0 Å². The van der Waals surface area contributed by atoms with Gasteiger partial charge < -0.3 is 15.9 Å². The summed E-state index contributed by atoms with van der Waals surface area (Å²) in [4.78, 5) is 0. The molecule has 1 aromatic rings. The zero-order valence-corrected chi connectivity index (χ0v) is 12.5. The minimum atomic E-state index is -0.470. The third-order valence-electron chi connectivity index (χ3n) is 3.78. The standard InChI is InChI=1S/C16H27NO2/c1-5-6-14(17)15(19)9-12(4)16-10(2)7-13(18)8-11(16)3/h7-8,12,14-15,18-19H,5-6,9,17H2,1-4H3. The summed E-state index contributed by atoms with van der Waals surface area (Å²) in [6.07, 6.45) is 2.03. The van der Waals surface area contributed by atoms with E-state index < -0.39 is 6.10 Å². The van der Waals surface area contributed by atoms with Gasteiger partial charge in [0.05, 0.1) is 6.10 Å². The Balaban J connectivity index is 2.81. The third kappa shape index (κ3) is 4.22. The fraction of sp³-hybridized carbons (Fsp3) is 0.625. The van der Waals surface area contributed by atoms with Crippen LogP contribution in [0.2, 0.25) is 0 Å². The summed E-state index contributed by atoms with van der Waals surface area (Å²) in [6, 6.07) is 3.40. The summed E-state index contributed by atoms with van der Waals surface area (Å²) in [6.45, 7) is 8.17. The van der Waals surface area contributed by atoms with Crippen LogP contribution in [-0.4, -0.2) is 22.4 Å². The summed E-state index contributed by atoms with van der Waals surface area (Å²) >= 11 is 0. The van der Waals surface area contributed by atoms with Gasteiger partial charge in [-0.3, -0.25) is 0 Å². The van der Waals surface area contributed by atoms with Gasteiger partial charge in [0.1, 0.15) is 5.75 Å². The van der Waals surface area contributed by atoms with Crippen LogP contribution in [-0.2, 0) is 0 Å². The van der Waals surface area contributed by atoms with Crippen LogP contribution in [0.25, 0.3) is 0 Å². The Labute approximate surface area is 116 Å². The first-order chi connectivity index (χ1) is 8.86. The van der Waals surface area contributed by atoms with Crippen LogP contribution in [0.15, 0.2) is 12.1 Å². The molecule has 0 saturated carbocycles. The van der Waals surface area contributed by atoms with Gasteiger partial charge >= 0.3 is 0 Å². The van der Waals surface area contributed by atoms with Crippen molar-refractivity contribution in [1.29, 1.82) is 0 Å². The first-order valence-electron chi connectivity index (χ1n) is 7.10. The zero-order valence-electron chi connectivity index (χ0n) is 12.5. The van der Waals surface area contributed by atoms with Crippen LogP contribution in [0.3, 0.4) is 0 Å². The van der Waals surface area contributed by atoms with Crippen molar-refractivity contribution < 1.29 is 10.2 Å². The largest absolute Gasteiger partial charge is 0.508 e. The van der Waals surface area contributed by atoms with Gasteiger partial charge in [-0.1, -0.05) is 20.3 Å². The Morgan fingerprint density at radius 3 is 2.21 bits per heavy atom. The first kappa shape index (κ1) is 16.0. The van der Waals surface area contributed by atoms with E-state index in [1.54, 1.807) is 12.1 Å². The van der Waals surface area contributed by atoms with E-state index in [-0.39, 0.29) is 12.0 Å². The number of aromatic hydroxyl groups is 1. The van der Waals surface area contributed by atoms with Crippen LogP contribution in [0.1, 0.15) is 55.7 Å². The summed E-state index contributed by atoms with van der Waals surface area (Å²) in [7, 11) is 0. The molecule has 3 heteroatoms. The van der Waals surface area contributed by atoms with Gasteiger partial charge in [0.2, 0.25) is 0 Å². The zero-order chi connectivity index (χ0) is 14.6. The number of nitrogens with two attached hydrogens (primary N) is 1. The fourth-order valence-electron chi connectivity index (χ4n) is 2.91. The number of hydrogen-bond donors (Lipinski definition) is 3. The van der Waals surface area contributed by atoms with Crippen molar-refractivity contribution in [2.75, 3.05) is 0 Å². The maximum absolute atomic E-state index is 10.1. The van der Waals surface area contributed by atoms with Crippen LogP contribution in [0.4, 0.5) is 0 Å². The Bertz CT molecular complexity index is 394. The molecule has 0 radical (unpaired) electrons. The molecule has 19 heavy (non-hydrogen) atoms. The molecule has 1 aromatic carbocycles. The molecule has 0 bridgehead atoms. The highest BCUT2D eigenvalue weighted by Gasteiger charge is 2.20. The minimum Gasteiger partial charge on any atom is -0.508 e. The van der Waals surface area contributed by atoms with Gasteiger partial charge in [-0.05, 0) is 61.4 Å². The van der Waals surface area contributed by atoms with E-state index in [2.05, 4.69) is 13.8 Å². The Hall–Kier alpha value is -1.06. The quantitative estimate of drug-likeness (QED) is 0.740. The molecule has 3 nitrogen and oxygen atoms in total. The predicted molar refractivity (Wildman–Crippen MR) is 79.5 cm³/mol. The molecular weight excluding hydrogens is 238 g/mol. The van der Waals surface area contributed by atoms with Crippen molar-refractivity contribution in [2.45, 2.75) is 65.0 Å². The van der Waals surface area contributed by atoms with E-state index in [1.807, 2.05) is 13.8 Å². The lowest BCUT2D eigenvalue weighted by Gasteiger charge is -2.24. The molecule has 0 aliphatic rings. The summed E-state index contributed by atoms with van der Waals surface area (Å²) in [5, 5.41) is 19.7. The van der Waals surface area contributed by atoms with E-state index in [4.69, 9.17) is 5.73 Å². The van der Waals surface area contributed by atoms with Crippen molar-refractivity contribution in [2.24, 2.45) is 5.73 Å². The number of aliphatic hydroxyl groups excluding tert-OH is 1. The van der Waals surface area contributed by atoms with E-state index in [0.29, 0.717) is 12.2 Å². The molecule has 3 atom stereocenters. The molecule has 0 heterocycles. The smallest absolute Gasteiger partial charge is 0.116 e. The highest BCUT2D eigenvalue weighted by molar-refractivity contribution is 5.42. The molecule has 3 unspecified atom stereocenters. The lowest BCUT2D eigenvalue weighted by atomic mass is 9.86. The Morgan fingerprint density at radius 1 is 1.21 bits per heavy atom. The number of rotatable bonds is 6. The van der Waals surface area contributed by atoms with Gasteiger partial charge in [-0.25, -0.2) is 0 Å². The van der Waals surface area contributed by atoms with E-state index >= 15 is 0 Å². The Kier molecular flexibility index (Phi) is 5.83. The predicted octanol–water partition coefficient (Wildman–Crippen LogP) is 2.99. The number of phenolic OH excluding ortho intramolecular Hbond substituents is 1. The van der Waals surface area contributed by atoms with Gasteiger partial charge in [-0.2, -0.15) is 0 Å². The SMILES string of the molecule is CCCC(N)C(O)CC(C)c1c(C)cc(O)cc1C. The molecule has 1 rings (SSSR count). The number of phenols is 1. The summed E-state index contributed by atoms with van der Waals surface area (Å²) in [5.41, 5.74) is 9.31. The van der Waals surface area contributed by atoms with E-state index in [9.17, 15) is 10.2 Å². The van der Waals surface area contributed by atoms with Crippen molar-refractivity contribution >= 4 is 0 Å². The number of hydrogen-bond acceptors (Lipinski definition) is 3. The van der Waals surface area contributed by atoms with Crippen molar-refractivity contribution in [3.05, 3.63) is 28.8 Å². The molecule has 0 spiro atoms. The molecule has 0 amide bonds. The number of benzene rings is 1. The van der Waals surface area contributed by atoms with Crippen LogP contribution < -0.4 is 5.73 Å². The lowest BCUT2D eigenvalue weighted by Crippen LogP contribution is -2.35. The normalized spacial score (nSPS) is 16.1.